The van der Waals surface area contributed by atoms with Crippen molar-refractivity contribution in [1.29, 1.82) is 5.26 Å². The molecule has 0 bridgehead atoms. The van der Waals surface area contributed by atoms with Gasteiger partial charge in [-0.15, -0.1) is 0 Å². The molecule has 0 heterocycles. The van der Waals surface area contributed by atoms with Crippen LogP contribution in [0.5, 0.6) is 0 Å². The quantitative estimate of drug-likeness (QED) is 0.829. The monoisotopic (exact) mass is 220 g/mol. The van der Waals surface area contributed by atoms with Crippen molar-refractivity contribution in [2.45, 2.75) is 26.3 Å². The summed E-state index contributed by atoms with van der Waals surface area (Å²) >= 11 is 5.90. The number of nitrogens with zero attached hydrogens (tertiary/aromatic N) is 1. The van der Waals surface area contributed by atoms with E-state index in [0.717, 1.165) is 12.1 Å². The zero-order valence-electron chi connectivity index (χ0n) is 8.84. The van der Waals surface area contributed by atoms with E-state index < -0.39 is 0 Å². The molecule has 2 rings (SSSR count). The highest BCUT2D eigenvalue weighted by Crippen LogP contribution is 2.46. The average Bonchev–Trinajstić information content (AvgIpc) is 2.74. The largest absolute Gasteiger partial charge is 0.381 e. The third-order valence-corrected chi connectivity index (χ3v) is 3.18. The first-order chi connectivity index (χ1) is 7.03. The van der Waals surface area contributed by atoms with Crippen LogP contribution in [-0.4, -0.2) is 6.04 Å². The molecular formula is C12H13ClN2. The minimum atomic E-state index is 0.342. The topological polar surface area (TPSA) is 35.8 Å². The van der Waals surface area contributed by atoms with E-state index in [1.54, 1.807) is 12.1 Å². The van der Waals surface area contributed by atoms with Crippen molar-refractivity contribution in [3.8, 4) is 6.07 Å². The van der Waals surface area contributed by atoms with Crippen LogP contribution in [0.15, 0.2) is 18.2 Å². The molecule has 0 radical (unpaired) electrons. The van der Waals surface area contributed by atoms with Gasteiger partial charge in [0.05, 0.1) is 11.3 Å². The molecular weight excluding hydrogens is 208 g/mol. The summed E-state index contributed by atoms with van der Waals surface area (Å²) in [5.74, 6) is 0. The standard InChI is InChI=1S/C12H13ClN2/c1-12(2)6-11(12)15-10-5-9(13)4-3-8(10)7-14/h3-5,11,15H,6H2,1-2H3. The molecule has 1 aliphatic carbocycles. The van der Waals surface area contributed by atoms with E-state index >= 15 is 0 Å². The van der Waals surface area contributed by atoms with Gasteiger partial charge in [0, 0.05) is 11.1 Å². The molecule has 0 aliphatic heterocycles. The van der Waals surface area contributed by atoms with Crippen molar-refractivity contribution in [2.75, 3.05) is 5.32 Å². The number of anilines is 1. The average molecular weight is 221 g/mol. The highest BCUT2D eigenvalue weighted by molar-refractivity contribution is 6.30. The van der Waals surface area contributed by atoms with Gasteiger partial charge in [-0.2, -0.15) is 5.26 Å². The lowest BCUT2D eigenvalue weighted by Crippen LogP contribution is -2.09. The Hall–Kier alpha value is -1.20. The summed E-state index contributed by atoms with van der Waals surface area (Å²) in [6, 6.07) is 7.93. The van der Waals surface area contributed by atoms with Crippen molar-refractivity contribution in [2.24, 2.45) is 5.41 Å². The SMILES string of the molecule is CC1(C)CC1Nc1cc(Cl)ccc1C#N. The molecule has 0 saturated heterocycles. The van der Waals surface area contributed by atoms with E-state index in [1.807, 2.05) is 6.07 Å². The summed E-state index contributed by atoms with van der Waals surface area (Å²) in [6.45, 7) is 4.42. The van der Waals surface area contributed by atoms with Crippen LogP contribution in [0.2, 0.25) is 5.02 Å². The van der Waals surface area contributed by atoms with Gasteiger partial charge in [0.2, 0.25) is 0 Å². The van der Waals surface area contributed by atoms with Crippen LogP contribution in [0.1, 0.15) is 25.8 Å². The van der Waals surface area contributed by atoms with Gasteiger partial charge in [0.25, 0.3) is 0 Å². The Labute approximate surface area is 94.9 Å². The van der Waals surface area contributed by atoms with Gasteiger partial charge in [-0.25, -0.2) is 0 Å². The molecule has 1 atom stereocenters. The molecule has 1 aromatic carbocycles. The normalized spacial score (nSPS) is 21.9. The van der Waals surface area contributed by atoms with Crippen LogP contribution in [-0.2, 0) is 0 Å². The van der Waals surface area contributed by atoms with Crippen LogP contribution < -0.4 is 5.32 Å². The maximum atomic E-state index is 8.94. The Kier molecular flexibility index (Phi) is 2.36. The zero-order chi connectivity index (χ0) is 11.1. The van der Waals surface area contributed by atoms with Crippen LogP contribution >= 0.6 is 11.6 Å². The van der Waals surface area contributed by atoms with Gasteiger partial charge in [-0.3, -0.25) is 0 Å². The predicted molar refractivity (Wildman–Crippen MR) is 62.0 cm³/mol. The zero-order valence-corrected chi connectivity index (χ0v) is 9.60. The minimum absolute atomic E-state index is 0.342. The third kappa shape index (κ3) is 2.08. The van der Waals surface area contributed by atoms with E-state index in [4.69, 9.17) is 16.9 Å². The third-order valence-electron chi connectivity index (χ3n) is 2.95. The van der Waals surface area contributed by atoms with Gasteiger partial charge >= 0.3 is 0 Å². The molecule has 1 fully saturated rings. The van der Waals surface area contributed by atoms with Crippen LogP contribution in [0.25, 0.3) is 0 Å². The second kappa shape index (κ2) is 3.43. The van der Waals surface area contributed by atoms with E-state index in [1.165, 1.54) is 0 Å². The summed E-state index contributed by atoms with van der Waals surface area (Å²) in [4.78, 5) is 0. The molecule has 0 amide bonds. The van der Waals surface area contributed by atoms with Crippen LogP contribution in [0.4, 0.5) is 5.69 Å². The molecule has 1 N–H and O–H groups in total. The molecule has 1 aromatic rings. The summed E-state index contributed by atoms with van der Waals surface area (Å²) in [6.07, 6.45) is 1.14. The highest BCUT2D eigenvalue weighted by Gasteiger charge is 2.45. The minimum Gasteiger partial charge on any atom is -0.381 e. The summed E-state index contributed by atoms with van der Waals surface area (Å²) in [7, 11) is 0. The van der Waals surface area contributed by atoms with E-state index in [-0.39, 0.29) is 0 Å². The maximum Gasteiger partial charge on any atom is 0.101 e. The molecule has 1 aliphatic rings. The Bertz CT molecular complexity index is 432. The predicted octanol–water partition coefficient (Wildman–Crippen LogP) is 3.42. The van der Waals surface area contributed by atoms with Crippen LogP contribution in [0.3, 0.4) is 0 Å². The molecule has 78 valence electrons. The van der Waals surface area contributed by atoms with Crippen molar-refractivity contribution < 1.29 is 0 Å². The second-order valence-electron chi connectivity index (χ2n) is 4.69. The fourth-order valence-corrected chi connectivity index (χ4v) is 1.81. The second-order valence-corrected chi connectivity index (χ2v) is 5.13. The lowest BCUT2D eigenvalue weighted by molar-refractivity contribution is 0.630. The fourth-order valence-electron chi connectivity index (χ4n) is 1.63. The molecule has 0 spiro atoms. The van der Waals surface area contributed by atoms with Crippen LogP contribution in [0, 0.1) is 16.7 Å². The summed E-state index contributed by atoms with van der Waals surface area (Å²) in [5, 5.41) is 13.0. The smallest absolute Gasteiger partial charge is 0.101 e. The Morgan fingerprint density at radius 2 is 2.20 bits per heavy atom. The highest BCUT2D eigenvalue weighted by atomic mass is 35.5. The fraction of sp³-hybridized carbons (Fsp3) is 0.417. The molecule has 1 unspecified atom stereocenters. The first kappa shape index (κ1) is 10.3. The summed E-state index contributed by atoms with van der Waals surface area (Å²) in [5.41, 5.74) is 1.84. The molecule has 1 saturated carbocycles. The lowest BCUT2D eigenvalue weighted by atomic mass is 10.1. The van der Waals surface area contributed by atoms with E-state index in [0.29, 0.717) is 22.0 Å². The van der Waals surface area contributed by atoms with Gasteiger partial charge in [-0.05, 0) is 30.0 Å². The van der Waals surface area contributed by atoms with Gasteiger partial charge < -0.3 is 5.32 Å². The van der Waals surface area contributed by atoms with Gasteiger partial charge in [0.1, 0.15) is 6.07 Å². The van der Waals surface area contributed by atoms with Crippen molar-refractivity contribution in [3.05, 3.63) is 28.8 Å². The first-order valence-corrected chi connectivity index (χ1v) is 5.37. The van der Waals surface area contributed by atoms with Crippen molar-refractivity contribution in [3.63, 3.8) is 0 Å². The van der Waals surface area contributed by atoms with Crippen molar-refractivity contribution >= 4 is 17.3 Å². The first-order valence-electron chi connectivity index (χ1n) is 4.99. The Morgan fingerprint density at radius 1 is 1.53 bits per heavy atom. The van der Waals surface area contributed by atoms with Gasteiger partial charge in [0.15, 0.2) is 0 Å². The van der Waals surface area contributed by atoms with E-state index in [9.17, 15) is 0 Å². The van der Waals surface area contributed by atoms with E-state index in [2.05, 4.69) is 25.2 Å². The Balaban J connectivity index is 2.21. The molecule has 15 heavy (non-hydrogen) atoms. The number of nitrogens with one attached hydrogen (secondary N) is 1. The molecule has 0 aromatic heterocycles. The number of hydrogen-bond donors (Lipinski definition) is 1. The Morgan fingerprint density at radius 3 is 2.73 bits per heavy atom. The number of benzene rings is 1. The summed E-state index contributed by atoms with van der Waals surface area (Å²) < 4.78 is 0. The number of nitriles is 1. The number of halogens is 1. The number of hydrogen-bond acceptors (Lipinski definition) is 2. The molecule has 3 heteroatoms. The van der Waals surface area contributed by atoms with Crippen molar-refractivity contribution in [1.82, 2.24) is 0 Å². The number of rotatable bonds is 2. The van der Waals surface area contributed by atoms with Gasteiger partial charge in [-0.1, -0.05) is 25.4 Å². The molecule has 2 nitrogen and oxygen atoms in total. The maximum absolute atomic E-state index is 8.94. The lowest BCUT2D eigenvalue weighted by Gasteiger charge is -2.09.